The van der Waals surface area contributed by atoms with E-state index < -0.39 is 0 Å². The third-order valence-electron chi connectivity index (χ3n) is 3.12. The van der Waals surface area contributed by atoms with E-state index in [-0.39, 0.29) is 0 Å². The molecular formula is C13H14N2S. The Bertz CT molecular complexity index is 472. The van der Waals surface area contributed by atoms with E-state index in [1.807, 2.05) is 18.2 Å². The van der Waals surface area contributed by atoms with Gasteiger partial charge < -0.3 is 5.73 Å². The number of hydrogen-bond acceptors (Lipinski definition) is 3. The van der Waals surface area contributed by atoms with Gasteiger partial charge in [0, 0.05) is 22.9 Å². The Hall–Kier alpha value is -1.19. The molecule has 0 aliphatic heterocycles. The van der Waals surface area contributed by atoms with Crippen molar-refractivity contribution in [1.82, 2.24) is 4.98 Å². The van der Waals surface area contributed by atoms with Gasteiger partial charge in [-0.15, -0.1) is 11.3 Å². The zero-order chi connectivity index (χ0) is 11.0. The average Bonchev–Trinajstić information content (AvgIpc) is 2.75. The smallest absolute Gasteiger partial charge is 0.0964 e. The van der Waals surface area contributed by atoms with E-state index in [1.165, 1.54) is 10.6 Å². The van der Waals surface area contributed by atoms with Crippen LogP contribution in [-0.4, -0.2) is 11.0 Å². The van der Waals surface area contributed by atoms with Crippen LogP contribution >= 0.6 is 11.3 Å². The summed E-state index contributed by atoms with van der Waals surface area (Å²) in [5.41, 5.74) is 8.10. The molecule has 3 heteroatoms. The topological polar surface area (TPSA) is 38.9 Å². The molecule has 1 aliphatic carbocycles. The highest BCUT2D eigenvalue weighted by molar-refractivity contribution is 7.10. The summed E-state index contributed by atoms with van der Waals surface area (Å²) in [5, 5.41) is 3.40. The van der Waals surface area contributed by atoms with Crippen molar-refractivity contribution >= 4 is 11.3 Å². The highest BCUT2D eigenvalue weighted by atomic mass is 32.1. The van der Waals surface area contributed by atoms with Crippen LogP contribution in [0, 0.1) is 0 Å². The van der Waals surface area contributed by atoms with Crippen LogP contribution in [0.3, 0.4) is 0 Å². The third-order valence-corrected chi connectivity index (χ3v) is 4.12. The minimum Gasteiger partial charge on any atom is -0.328 e. The Labute approximate surface area is 99.1 Å². The van der Waals surface area contributed by atoms with Crippen molar-refractivity contribution in [3.05, 3.63) is 40.7 Å². The second-order valence-electron chi connectivity index (χ2n) is 4.37. The molecule has 82 valence electrons. The van der Waals surface area contributed by atoms with Gasteiger partial charge in [-0.2, -0.15) is 0 Å². The molecule has 2 N–H and O–H groups in total. The Balaban J connectivity index is 1.83. The predicted octanol–water partition coefficient (Wildman–Crippen LogP) is 3.01. The van der Waals surface area contributed by atoms with Gasteiger partial charge in [0.25, 0.3) is 0 Å². The van der Waals surface area contributed by atoms with Gasteiger partial charge in [-0.3, -0.25) is 0 Å². The molecule has 16 heavy (non-hydrogen) atoms. The molecule has 1 aromatic carbocycles. The number of rotatable bonds is 2. The van der Waals surface area contributed by atoms with Crippen LogP contribution in [-0.2, 0) is 0 Å². The molecule has 0 unspecified atom stereocenters. The molecule has 1 saturated carbocycles. The summed E-state index contributed by atoms with van der Waals surface area (Å²) in [7, 11) is 0. The average molecular weight is 230 g/mol. The monoisotopic (exact) mass is 230 g/mol. The Morgan fingerprint density at radius 2 is 1.94 bits per heavy atom. The predicted molar refractivity (Wildman–Crippen MR) is 67.5 cm³/mol. The quantitative estimate of drug-likeness (QED) is 0.861. The lowest BCUT2D eigenvalue weighted by atomic mass is 9.81. The minimum absolute atomic E-state index is 0.397. The molecular weight excluding hydrogens is 216 g/mol. The summed E-state index contributed by atoms with van der Waals surface area (Å²) in [6.45, 7) is 0. The fourth-order valence-corrected chi connectivity index (χ4v) is 3.04. The maximum Gasteiger partial charge on any atom is 0.0964 e. The number of thiazole rings is 1. The largest absolute Gasteiger partial charge is 0.328 e. The van der Waals surface area contributed by atoms with Gasteiger partial charge in [-0.25, -0.2) is 4.98 Å². The third kappa shape index (κ3) is 1.77. The van der Waals surface area contributed by atoms with Crippen molar-refractivity contribution in [1.29, 1.82) is 0 Å². The van der Waals surface area contributed by atoms with Crippen molar-refractivity contribution < 1.29 is 0 Å². The van der Waals surface area contributed by atoms with E-state index in [4.69, 9.17) is 10.7 Å². The summed E-state index contributed by atoms with van der Waals surface area (Å²) in [5.74, 6) is 0.609. The summed E-state index contributed by atoms with van der Waals surface area (Å²) in [4.78, 5) is 4.70. The van der Waals surface area contributed by atoms with Crippen molar-refractivity contribution in [3.63, 3.8) is 0 Å². The molecule has 1 aromatic heterocycles. The van der Waals surface area contributed by atoms with Gasteiger partial charge in [0.2, 0.25) is 0 Å². The first-order valence-corrected chi connectivity index (χ1v) is 6.47. The van der Waals surface area contributed by atoms with E-state index in [0.717, 1.165) is 18.5 Å². The highest BCUT2D eigenvalue weighted by Gasteiger charge is 2.29. The molecule has 0 atom stereocenters. The molecule has 0 radical (unpaired) electrons. The van der Waals surface area contributed by atoms with Crippen LogP contribution in [0.15, 0.2) is 35.7 Å². The first-order valence-electron chi connectivity index (χ1n) is 5.59. The molecule has 1 heterocycles. The van der Waals surface area contributed by atoms with Gasteiger partial charge in [-0.1, -0.05) is 30.3 Å². The molecule has 2 nitrogen and oxygen atoms in total. The molecule has 1 aliphatic rings. The minimum atomic E-state index is 0.397. The van der Waals surface area contributed by atoms with E-state index in [2.05, 4.69) is 17.5 Å². The molecule has 0 saturated heterocycles. The number of benzene rings is 1. The van der Waals surface area contributed by atoms with E-state index in [9.17, 15) is 0 Å². The first-order chi connectivity index (χ1) is 7.83. The fraction of sp³-hybridized carbons (Fsp3) is 0.308. The molecule has 3 rings (SSSR count). The van der Waals surface area contributed by atoms with Gasteiger partial charge in [-0.05, 0) is 12.8 Å². The number of aromatic nitrogens is 1. The Morgan fingerprint density at radius 1 is 1.19 bits per heavy atom. The Morgan fingerprint density at radius 3 is 2.62 bits per heavy atom. The summed E-state index contributed by atoms with van der Waals surface area (Å²) >= 11 is 1.76. The lowest BCUT2D eigenvalue weighted by molar-refractivity contribution is 0.351. The van der Waals surface area contributed by atoms with Crippen LogP contribution in [0.2, 0.25) is 0 Å². The van der Waals surface area contributed by atoms with Crippen LogP contribution < -0.4 is 5.73 Å². The van der Waals surface area contributed by atoms with Crippen molar-refractivity contribution in [2.45, 2.75) is 24.8 Å². The second-order valence-corrected chi connectivity index (χ2v) is 5.26. The van der Waals surface area contributed by atoms with E-state index in [1.54, 1.807) is 11.3 Å². The zero-order valence-corrected chi connectivity index (χ0v) is 9.78. The van der Waals surface area contributed by atoms with Crippen LogP contribution in [0.4, 0.5) is 0 Å². The maximum absolute atomic E-state index is 5.80. The van der Waals surface area contributed by atoms with Gasteiger partial charge in [0.05, 0.1) is 10.7 Å². The molecule has 2 aromatic rings. The maximum atomic E-state index is 5.80. The highest BCUT2D eigenvalue weighted by Crippen LogP contribution is 2.38. The summed E-state index contributed by atoms with van der Waals surface area (Å²) < 4.78 is 0. The number of hydrogen-bond donors (Lipinski definition) is 1. The molecule has 0 amide bonds. The van der Waals surface area contributed by atoms with Gasteiger partial charge in [0.15, 0.2) is 0 Å². The van der Waals surface area contributed by atoms with Crippen LogP contribution in [0.1, 0.15) is 23.8 Å². The standard InChI is InChI=1S/C13H14N2S/c14-11-6-10(7-11)13-15-12(8-16-13)9-4-2-1-3-5-9/h1-5,8,10-11H,6-7,14H2. The van der Waals surface area contributed by atoms with Crippen molar-refractivity contribution in [3.8, 4) is 11.3 Å². The summed E-state index contributed by atoms with van der Waals surface area (Å²) in [6.07, 6.45) is 2.20. The lowest BCUT2D eigenvalue weighted by Gasteiger charge is -2.30. The fourth-order valence-electron chi connectivity index (χ4n) is 2.08. The number of nitrogens with two attached hydrogens (primary N) is 1. The van der Waals surface area contributed by atoms with E-state index in [0.29, 0.717) is 12.0 Å². The first kappa shape index (κ1) is 10.00. The second kappa shape index (κ2) is 4.00. The normalized spacial score (nSPS) is 24.1. The van der Waals surface area contributed by atoms with Crippen LogP contribution in [0.25, 0.3) is 11.3 Å². The van der Waals surface area contributed by atoms with E-state index >= 15 is 0 Å². The Kier molecular flexibility index (Phi) is 2.50. The van der Waals surface area contributed by atoms with Gasteiger partial charge >= 0.3 is 0 Å². The molecule has 0 bridgehead atoms. The number of nitrogens with zero attached hydrogens (tertiary/aromatic N) is 1. The molecule has 1 fully saturated rings. The van der Waals surface area contributed by atoms with Crippen molar-refractivity contribution in [2.24, 2.45) is 5.73 Å². The summed E-state index contributed by atoms with van der Waals surface area (Å²) in [6, 6.07) is 10.7. The van der Waals surface area contributed by atoms with Crippen molar-refractivity contribution in [2.75, 3.05) is 0 Å². The van der Waals surface area contributed by atoms with Crippen LogP contribution in [0.5, 0.6) is 0 Å². The SMILES string of the molecule is NC1CC(c2nc(-c3ccccc3)cs2)C1. The molecule has 0 spiro atoms. The lowest BCUT2D eigenvalue weighted by Crippen LogP contribution is -2.34. The van der Waals surface area contributed by atoms with Gasteiger partial charge in [0.1, 0.15) is 0 Å². The zero-order valence-electron chi connectivity index (χ0n) is 8.97.